The summed E-state index contributed by atoms with van der Waals surface area (Å²) in [7, 11) is 0. The van der Waals surface area contributed by atoms with Crippen LogP contribution in [0.3, 0.4) is 0 Å². The van der Waals surface area contributed by atoms with E-state index >= 15 is 0 Å². The van der Waals surface area contributed by atoms with E-state index in [9.17, 15) is 0 Å². The Morgan fingerprint density at radius 3 is 1.51 bits per heavy atom. The highest BCUT2D eigenvalue weighted by molar-refractivity contribution is 5.98. The molecule has 8 aromatic carbocycles. The fourth-order valence-corrected chi connectivity index (χ4v) is 6.56. The second-order valence-corrected chi connectivity index (χ2v) is 11.8. The van der Waals surface area contributed by atoms with Gasteiger partial charge in [0, 0.05) is 16.9 Å². The van der Waals surface area contributed by atoms with Gasteiger partial charge >= 0.3 is 0 Å². The molecule has 0 radical (unpaired) electrons. The fraction of sp³-hybridized carbons (Fsp3) is 0. The van der Waals surface area contributed by atoms with Crippen LogP contribution in [0.2, 0.25) is 0 Å². The number of hydrogen-bond acceptors (Lipinski definition) is 1. The summed E-state index contributed by atoms with van der Waals surface area (Å²) in [4.78, 5) is 2.37. The Morgan fingerprint density at radius 2 is 0.745 bits per heavy atom. The van der Waals surface area contributed by atoms with Crippen molar-refractivity contribution in [1.82, 2.24) is 0 Å². The van der Waals surface area contributed by atoms with Crippen LogP contribution in [0.5, 0.6) is 0 Å². The lowest BCUT2D eigenvalue weighted by Gasteiger charge is -2.28. The van der Waals surface area contributed by atoms with Crippen molar-refractivity contribution in [2.75, 3.05) is 4.90 Å². The van der Waals surface area contributed by atoms with E-state index in [0.29, 0.717) is 0 Å². The molecule has 1 heteroatoms. The maximum absolute atomic E-state index is 2.37. The van der Waals surface area contributed by atoms with Crippen molar-refractivity contribution in [2.45, 2.75) is 0 Å². The summed E-state index contributed by atoms with van der Waals surface area (Å²) in [6.07, 6.45) is 0. The normalized spacial score (nSPS) is 11.0. The van der Waals surface area contributed by atoms with E-state index in [4.69, 9.17) is 0 Å². The molecule has 1 nitrogen and oxygen atoms in total. The minimum Gasteiger partial charge on any atom is -0.310 e. The van der Waals surface area contributed by atoms with Crippen LogP contribution in [-0.4, -0.2) is 0 Å². The van der Waals surface area contributed by atoms with Crippen LogP contribution in [0.15, 0.2) is 200 Å². The molecule has 0 saturated carbocycles. The van der Waals surface area contributed by atoms with E-state index in [1.165, 1.54) is 55.3 Å². The van der Waals surface area contributed by atoms with Crippen molar-refractivity contribution in [3.8, 4) is 44.5 Å². The van der Waals surface area contributed by atoms with Crippen molar-refractivity contribution in [2.24, 2.45) is 0 Å². The molecule has 0 aliphatic heterocycles. The van der Waals surface area contributed by atoms with Gasteiger partial charge in [-0.15, -0.1) is 0 Å². The molecule has 0 unspecified atom stereocenters. The maximum atomic E-state index is 2.37. The molecule has 0 heterocycles. The van der Waals surface area contributed by atoms with Gasteiger partial charge in [-0.25, -0.2) is 0 Å². The average molecular weight is 600 g/mol. The molecule has 0 fully saturated rings. The number of fused-ring (bicyclic) bond motifs is 1. The second-order valence-electron chi connectivity index (χ2n) is 11.8. The van der Waals surface area contributed by atoms with Gasteiger partial charge in [0.2, 0.25) is 0 Å². The zero-order valence-corrected chi connectivity index (χ0v) is 26.0. The molecular formula is C46H33N. The van der Waals surface area contributed by atoms with Crippen LogP contribution in [0.4, 0.5) is 17.1 Å². The SMILES string of the molecule is c1ccc(-c2cccc(-c3ccc(N(c4ccccc4)c4ccccc4-c4cccc(-c5cccc6ccccc56)c4)cc3)c2)cc1. The van der Waals surface area contributed by atoms with Crippen molar-refractivity contribution in [1.29, 1.82) is 0 Å². The van der Waals surface area contributed by atoms with Crippen LogP contribution in [0, 0.1) is 0 Å². The predicted molar refractivity (Wildman–Crippen MR) is 200 cm³/mol. The van der Waals surface area contributed by atoms with Crippen LogP contribution >= 0.6 is 0 Å². The molecule has 8 rings (SSSR count). The van der Waals surface area contributed by atoms with Crippen LogP contribution in [0.25, 0.3) is 55.3 Å². The molecule has 0 spiro atoms. The smallest absolute Gasteiger partial charge is 0.0540 e. The summed E-state index contributed by atoms with van der Waals surface area (Å²) in [6.45, 7) is 0. The molecule has 0 atom stereocenters. The zero-order valence-electron chi connectivity index (χ0n) is 26.0. The summed E-state index contributed by atoms with van der Waals surface area (Å²) in [6, 6.07) is 71.8. The first-order valence-electron chi connectivity index (χ1n) is 16.1. The Bertz CT molecular complexity index is 2280. The summed E-state index contributed by atoms with van der Waals surface area (Å²) >= 11 is 0. The highest BCUT2D eigenvalue weighted by Gasteiger charge is 2.17. The van der Waals surface area contributed by atoms with Gasteiger partial charge in [-0.1, -0.05) is 158 Å². The van der Waals surface area contributed by atoms with Gasteiger partial charge in [0.05, 0.1) is 5.69 Å². The van der Waals surface area contributed by atoms with Gasteiger partial charge in [0.1, 0.15) is 0 Å². The Morgan fingerprint density at radius 1 is 0.277 bits per heavy atom. The maximum Gasteiger partial charge on any atom is 0.0540 e. The summed E-state index contributed by atoms with van der Waals surface area (Å²) in [5.74, 6) is 0. The van der Waals surface area contributed by atoms with E-state index in [-0.39, 0.29) is 0 Å². The second kappa shape index (κ2) is 12.7. The topological polar surface area (TPSA) is 3.24 Å². The summed E-state index contributed by atoms with van der Waals surface area (Å²) in [5.41, 5.74) is 13.0. The largest absolute Gasteiger partial charge is 0.310 e. The third-order valence-electron chi connectivity index (χ3n) is 8.86. The van der Waals surface area contributed by atoms with Gasteiger partial charge in [0.15, 0.2) is 0 Å². The number of anilines is 3. The highest BCUT2D eigenvalue weighted by Crippen LogP contribution is 2.42. The lowest BCUT2D eigenvalue weighted by Crippen LogP contribution is -2.11. The van der Waals surface area contributed by atoms with Crippen LogP contribution in [0.1, 0.15) is 0 Å². The molecule has 222 valence electrons. The number of benzene rings is 8. The van der Waals surface area contributed by atoms with Gasteiger partial charge in [-0.2, -0.15) is 0 Å². The van der Waals surface area contributed by atoms with E-state index < -0.39 is 0 Å². The van der Waals surface area contributed by atoms with E-state index in [1.54, 1.807) is 0 Å². The third kappa shape index (κ3) is 5.72. The van der Waals surface area contributed by atoms with Gasteiger partial charge < -0.3 is 4.90 Å². The quantitative estimate of drug-likeness (QED) is 0.176. The van der Waals surface area contributed by atoms with E-state index in [0.717, 1.165) is 17.1 Å². The van der Waals surface area contributed by atoms with Crippen molar-refractivity contribution in [3.05, 3.63) is 200 Å². The minimum absolute atomic E-state index is 1.11. The lowest BCUT2D eigenvalue weighted by molar-refractivity contribution is 1.28. The molecule has 47 heavy (non-hydrogen) atoms. The van der Waals surface area contributed by atoms with Gasteiger partial charge in [0.25, 0.3) is 0 Å². The predicted octanol–water partition coefficient (Wildman–Crippen LogP) is 13.0. The Kier molecular flexibility index (Phi) is 7.63. The lowest BCUT2D eigenvalue weighted by atomic mass is 9.94. The number of hydrogen-bond donors (Lipinski definition) is 0. The van der Waals surface area contributed by atoms with E-state index in [2.05, 4.69) is 205 Å². The van der Waals surface area contributed by atoms with Crippen LogP contribution < -0.4 is 4.90 Å². The number of para-hydroxylation sites is 2. The molecule has 0 aromatic heterocycles. The van der Waals surface area contributed by atoms with Crippen molar-refractivity contribution < 1.29 is 0 Å². The van der Waals surface area contributed by atoms with Gasteiger partial charge in [-0.3, -0.25) is 0 Å². The average Bonchev–Trinajstić information content (AvgIpc) is 3.16. The third-order valence-corrected chi connectivity index (χ3v) is 8.86. The molecule has 0 N–H and O–H groups in total. The first kappa shape index (κ1) is 28.3. The fourth-order valence-electron chi connectivity index (χ4n) is 6.56. The zero-order chi connectivity index (χ0) is 31.4. The van der Waals surface area contributed by atoms with Crippen LogP contribution in [-0.2, 0) is 0 Å². The molecule has 0 aliphatic carbocycles. The minimum atomic E-state index is 1.11. The molecule has 0 bridgehead atoms. The molecule has 0 saturated heterocycles. The molecule has 0 aliphatic rings. The first-order valence-corrected chi connectivity index (χ1v) is 16.1. The Hall–Kier alpha value is -6.18. The van der Waals surface area contributed by atoms with Crippen molar-refractivity contribution in [3.63, 3.8) is 0 Å². The molecule has 8 aromatic rings. The molecular weight excluding hydrogens is 567 g/mol. The Balaban J connectivity index is 1.20. The highest BCUT2D eigenvalue weighted by atomic mass is 15.1. The first-order chi connectivity index (χ1) is 23.3. The van der Waals surface area contributed by atoms with E-state index in [1.807, 2.05) is 0 Å². The number of nitrogens with zero attached hydrogens (tertiary/aromatic N) is 1. The summed E-state index contributed by atoms with van der Waals surface area (Å²) < 4.78 is 0. The standard InChI is InChI=1S/C46H33N/c1-3-14-34(15-4-1)37-18-11-19-38(32-37)35-28-30-42(31-29-35)47(41-22-5-2-6-23-41)46-27-10-9-25-45(46)40-21-12-20-39(33-40)44-26-13-17-36-16-7-8-24-43(36)44/h1-33H. The monoisotopic (exact) mass is 599 g/mol. The Labute approximate surface area is 276 Å². The van der Waals surface area contributed by atoms with Crippen molar-refractivity contribution >= 4 is 27.8 Å². The molecule has 0 amide bonds. The summed E-state index contributed by atoms with van der Waals surface area (Å²) in [5, 5.41) is 2.52. The van der Waals surface area contributed by atoms with Gasteiger partial charge in [-0.05, 0) is 92.2 Å². The number of rotatable bonds is 7.